The number of ketones is 2. The molecule has 0 aromatic heterocycles. The van der Waals surface area contributed by atoms with Crippen molar-refractivity contribution in [1.29, 1.82) is 0 Å². The molecule has 1 aliphatic rings. The maximum Gasteiger partial charge on any atom is 0.226 e. The molecule has 0 aliphatic heterocycles. The standard InChI is InChI=1S/C22H41N3O4/c1-14(2)21(28)20(9-10-23)25-22(29)19(15(3)26)12-18(27)11-17(13-24)16-7-5-4-6-8-16/h14-17,19-20,26H,4-13,23-24H2,1-3H3,(H,25,29)/t15?,17?,19-,20-/m0/s1. The summed E-state index contributed by atoms with van der Waals surface area (Å²) >= 11 is 0. The van der Waals surface area contributed by atoms with Gasteiger partial charge in [-0.15, -0.1) is 0 Å². The molecular formula is C22H41N3O4. The van der Waals surface area contributed by atoms with Crippen molar-refractivity contribution in [3.8, 4) is 0 Å². The van der Waals surface area contributed by atoms with E-state index >= 15 is 0 Å². The minimum atomic E-state index is -0.988. The van der Waals surface area contributed by atoms with Gasteiger partial charge in [0.05, 0.1) is 18.1 Å². The topological polar surface area (TPSA) is 136 Å². The third kappa shape index (κ3) is 8.52. The summed E-state index contributed by atoms with van der Waals surface area (Å²) in [7, 11) is 0. The van der Waals surface area contributed by atoms with Crippen molar-refractivity contribution in [3.05, 3.63) is 0 Å². The van der Waals surface area contributed by atoms with E-state index in [1.54, 1.807) is 13.8 Å². The first-order chi connectivity index (χ1) is 13.7. The molecule has 168 valence electrons. The minimum Gasteiger partial charge on any atom is -0.393 e. The van der Waals surface area contributed by atoms with Gasteiger partial charge in [-0.3, -0.25) is 14.4 Å². The number of carbonyl (C=O) groups excluding carboxylic acids is 3. The summed E-state index contributed by atoms with van der Waals surface area (Å²) in [6.45, 7) is 5.77. The van der Waals surface area contributed by atoms with E-state index in [0.717, 1.165) is 12.8 Å². The number of carbonyl (C=O) groups is 3. The number of nitrogens with two attached hydrogens (primary N) is 2. The number of nitrogens with one attached hydrogen (secondary N) is 1. The van der Waals surface area contributed by atoms with Crippen LogP contribution in [0.5, 0.6) is 0 Å². The van der Waals surface area contributed by atoms with Gasteiger partial charge in [0, 0.05) is 18.8 Å². The van der Waals surface area contributed by atoms with Crippen molar-refractivity contribution in [1.82, 2.24) is 5.32 Å². The molecule has 6 N–H and O–H groups in total. The molecule has 0 aromatic carbocycles. The molecule has 1 fully saturated rings. The van der Waals surface area contributed by atoms with Crippen molar-refractivity contribution < 1.29 is 19.5 Å². The molecule has 0 aromatic rings. The largest absolute Gasteiger partial charge is 0.393 e. The van der Waals surface area contributed by atoms with Gasteiger partial charge in [0.2, 0.25) is 5.91 Å². The fraction of sp³-hybridized carbons (Fsp3) is 0.864. The van der Waals surface area contributed by atoms with Gasteiger partial charge in [0.15, 0.2) is 5.78 Å². The Morgan fingerprint density at radius 2 is 1.66 bits per heavy atom. The lowest BCUT2D eigenvalue weighted by Crippen LogP contribution is -2.48. The highest BCUT2D eigenvalue weighted by Gasteiger charge is 2.32. The van der Waals surface area contributed by atoms with Crippen molar-refractivity contribution in [2.75, 3.05) is 13.1 Å². The molecule has 0 spiro atoms. The predicted molar refractivity (Wildman–Crippen MR) is 114 cm³/mol. The molecular weight excluding hydrogens is 370 g/mol. The maximum atomic E-state index is 12.7. The van der Waals surface area contributed by atoms with Crippen LogP contribution in [0.25, 0.3) is 0 Å². The summed E-state index contributed by atoms with van der Waals surface area (Å²) in [5.74, 6) is -1.14. The van der Waals surface area contributed by atoms with Crippen LogP contribution < -0.4 is 16.8 Å². The Morgan fingerprint density at radius 1 is 1.03 bits per heavy atom. The first-order valence-corrected chi connectivity index (χ1v) is 11.1. The Kier molecular flexibility index (Phi) is 11.6. The smallest absolute Gasteiger partial charge is 0.226 e. The van der Waals surface area contributed by atoms with Crippen molar-refractivity contribution >= 4 is 17.5 Å². The number of Topliss-reactive ketones (excluding diaryl/α,β-unsaturated/α-hetero) is 2. The zero-order valence-corrected chi connectivity index (χ0v) is 18.4. The second-order valence-electron chi connectivity index (χ2n) is 8.88. The van der Waals surface area contributed by atoms with Gasteiger partial charge in [-0.2, -0.15) is 0 Å². The molecule has 1 aliphatic carbocycles. The summed E-state index contributed by atoms with van der Waals surface area (Å²) in [4.78, 5) is 37.8. The van der Waals surface area contributed by atoms with Crippen molar-refractivity contribution in [2.24, 2.45) is 35.1 Å². The normalized spacial score (nSPS) is 19.4. The Morgan fingerprint density at radius 3 is 2.14 bits per heavy atom. The lowest BCUT2D eigenvalue weighted by Gasteiger charge is -2.29. The highest BCUT2D eigenvalue weighted by atomic mass is 16.3. The van der Waals surface area contributed by atoms with E-state index in [1.807, 2.05) is 0 Å². The highest BCUT2D eigenvalue weighted by Crippen LogP contribution is 2.32. The van der Waals surface area contributed by atoms with Gasteiger partial charge in [-0.25, -0.2) is 0 Å². The van der Waals surface area contributed by atoms with Crippen LogP contribution in [0.4, 0.5) is 0 Å². The summed E-state index contributed by atoms with van der Waals surface area (Å²) in [5, 5.41) is 12.8. The third-order valence-corrected chi connectivity index (χ3v) is 6.16. The van der Waals surface area contributed by atoms with Crippen LogP contribution in [-0.2, 0) is 14.4 Å². The van der Waals surface area contributed by atoms with E-state index < -0.39 is 24.0 Å². The number of rotatable bonds is 13. The molecule has 1 rings (SSSR count). The average Bonchev–Trinajstić information content (AvgIpc) is 2.69. The minimum absolute atomic E-state index is 0.0437. The molecule has 2 unspecified atom stereocenters. The molecule has 0 saturated heterocycles. The molecule has 29 heavy (non-hydrogen) atoms. The summed E-state index contributed by atoms with van der Waals surface area (Å²) in [5.41, 5.74) is 11.5. The van der Waals surface area contributed by atoms with Crippen LogP contribution in [-0.4, -0.2) is 47.8 Å². The zero-order chi connectivity index (χ0) is 22.0. The van der Waals surface area contributed by atoms with Crippen molar-refractivity contribution in [3.63, 3.8) is 0 Å². The van der Waals surface area contributed by atoms with Crippen LogP contribution in [0.15, 0.2) is 0 Å². The number of aliphatic hydroxyl groups excluding tert-OH is 1. The number of amides is 1. The molecule has 7 heteroatoms. The van der Waals surface area contributed by atoms with Gasteiger partial charge in [-0.1, -0.05) is 46.0 Å². The fourth-order valence-corrected chi connectivity index (χ4v) is 4.28. The van der Waals surface area contributed by atoms with Gasteiger partial charge < -0.3 is 21.9 Å². The van der Waals surface area contributed by atoms with Gasteiger partial charge >= 0.3 is 0 Å². The van der Waals surface area contributed by atoms with Gasteiger partial charge in [-0.05, 0) is 38.3 Å². The quantitative estimate of drug-likeness (QED) is 0.363. The van der Waals surface area contributed by atoms with Crippen LogP contribution >= 0.6 is 0 Å². The van der Waals surface area contributed by atoms with Crippen LogP contribution in [0.3, 0.4) is 0 Å². The Hall–Kier alpha value is -1.31. The molecule has 7 nitrogen and oxygen atoms in total. The average molecular weight is 412 g/mol. The maximum absolute atomic E-state index is 12.7. The summed E-state index contributed by atoms with van der Waals surface area (Å²) in [6.07, 6.45) is 5.46. The van der Waals surface area contributed by atoms with E-state index in [-0.39, 0.29) is 36.4 Å². The highest BCUT2D eigenvalue weighted by molar-refractivity contribution is 5.92. The van der Waals surface area contributed by atoms with E-state index in [4.69, 9.17) is 11.5 Å². The lowest BCUT2D eigenvalue weighted by atomic mass is 9.77. The van der Waals surface area contributed by atoms with E-state index in [2.05, 4.69) is 5.32 Å². The lowest BCUT2D eigenvalue weighted by molar-refractivity contribution is -0.136. The number of hydrogen-bond acceptors (Lipinski definition) is 6. The monoisotopic (exact) mass is 411 g/mol. The van der Waals surface area contributed by atoms with Crippen LogP contribution in [0.2, 0.25) is 0 Å². The van der Waals surface area contributed by atoms with Gasteiger partial charge in [0.25, 0.3) is 0 Å². The van der Waals surface area contributed by atoms with E-state index in [0.29, 0.717) is 25.3 Å². The number of aliphatic hydroxyl groups is 1. The molecule has 0 bridgehead atoms. The molecule has 1 saturated carbocycles. The summed E-state index contributed by atoms with van der Waals surface area (Å²) < 4.78 is 0. The first kappa shape index (κ1) is 25.7. The molecule has 0 heterocycles. The predicted octanol–water partition coefficient (Wildman–Crippen LogP) is 1.55. The van der Waals surface area contributed by atoms with E-state index in [1.165, 1.54) is 26.2 Å². The second-order valence-corrected chi connectivity index (χ2v) is 8.88. The second kappa shape index (κ2) is 13.1. The Labute approximate surface area is 175 Å². The van der Waals surface area contributed by atoms with Crippen LogP contribution in [0, 0.1) is 23.7 Å². The summed E-state index contributed by atoms with van der Waals surface area (Å²) in [6, 6.07) is -0.692. The Bertz CT molecular complexity index is 530. The van der Waals surface area contributed by atoms with E-state index in [9.17, 15) is 19.5 Å². The third-order valence-electron chi connectivity index (χ3n) is 6.16. The van der Waals surface area contributed by atoms with Gasteiger partial charge in [0.1, 0.15) is 5.78 Å². The molecule has 1 amide bonds. The van der Waals surface area contributed by atoms with Crippen LogP contribution in [0.1, 0.15) is 72.1 Å². The zero-order valence-electron chi connectivity index (χ0n) is 18.4. The number of hydrogen-bond donors (Lipinski definition) is 4. The molecule has 0 radical (unpaired) electrons. The Balaban J connectivity index is 2.73. The van der Waals surface area contributed by atoms with Crippen molar-refractivity contribution in [2.45, 2.75) is 84.3 Å². The molecule has 4 atom stereocenters. The first-order valence-electron chi connectivity index (χ1n) is 11.1. The fourth-order valence-electron chi connectivity index (χ4n) is 4.28. The SMILES string of the molecule is CC(C)C(=O)[C@H](CCN)NC(=O)[C@@H](CC(=O)CC(CN)C1CCCCC1)C(C)O.